The largest absolute Gasteiger partial charge is 0.416 e. The van der Waals surface area contributed by atoms with Crippen LogP contribution in [0.1, 0.15) is 24.5 Å². The lowest BCUT2D eigenvalue weighted by molar-refractivity contribution is -0.137. The second-order valence-electron chi connectivity index (χ2n) is 3.73. The van der Waals surface area contributed by atoms with E-state index in [0.717, 1.165) is 12.1 Å². The van der Waals surface area contributed by atoms with E-state index in [2.05, 4.69) is 0 Å². The number of hydrogen-bond donors (Lipinski definition) is 1. The van der Waals surface area contributed by atoms with Gasteiger partial charge in [-0.2, -0.15) is 13.2 Å². The van der Waals surface area contributed by atoms with Crippen molar-refractivity contribution in [2.75, 3.05) is 0 Å². The van der Waals surface area contributed by atoms with Crippen LogP contribution in [0.25, 0.3) is 0 Å². The molecule has 0 aliphatic heterocycles. The summed E-state index contributed by atoms with van der Waals surface area (Å²) < 4.78 is 49.9. The van der Waals surface area contributed by atoms with Crippen LogP contribution in [-0.4, -0.2) is 11.2 Å². The van der Waals surface area contributed by atoms with Crippen LogP contribution in [0.2, 0.25) is 0 Å². The Morgan fingerprint density at radius 1 is 1.25 bits per heavy atom. The zero-order valence-corrected chi connectivity index (χ0v) is 8.68. The van der Waals surface area contributed by atoms with Gasteiger partial charge in [0.05, 0.1) is 11.7 Å². The van der Waals surface area contributed by atoms with E-state index in [1.807, 2.05) is 0 Å². The van der Waals surface area contributed by atoms with Crippen LogP contribution in [0.3, 0.4) is 0 Å². The molecule has 0 amide bonds. The highest BCUT2D eigenvalue weighted by atomic mass is 19.4. The van der Waals surface area contributed by atoms with Crippen molar-refractivity contribution in [2.24, 2.45) is 0 Å². The van der Waals surface area contributed by atoms with Gasteiger partial charge in [-0.05, 0) is 43.5 Å². The van der Waals surface area contributed by atoms with Crippen molar-refractivity contribution in [3.8, 4) is 0 Å². The van der Waals surface area contributed by atoms with E-state index in [1.54, 1.807) is 0 Å². The molecule has 5 heteroatoms. The Morgan fingerprint density at radius 3 is 2.38 bits per heavy atom. The lowest BCUT2D eigenvalue weighted by Gasteiger charge is -2.10. The molecule has 0 fully saturated rings. The van der Waals surface area contributed by atoms with Crippen molar-refractivity contribution in [1.82, 2.24) is 0 Å². The minimum absolute atomic E-state index is 0.221. The number of aryl methyl sites for hydroxylation is 1. The summed E-state index contributed by atoms with van der Waals surface area (Å²) in [5.74, 6) is -0.907. The van der Waals surface area contributed by atoms with Crippen LogP contribution in [0, 0.1) is 5.82 Å². The van der Waals surface area contributed by atoms with E-state index in [9.17, 15) is 17.6 Å². The highest BCUT2D eigenvalue weighted by Crippen LogP contribution is 2.30. The Morgan fingerprint density at radius 2 is 1.88 bits per heavy atom. The number of rotatable bonds is 3. The molecule has 0 bridgehead atoms. The van der Waals surface area contributed by atoms with Gasteiger partial charge in [0, 0.05) is 0 Å². The number of benzene rings is 1. The first kappa shape index (κ1) is 13.0. The SMILES string of the molecule is C[C@H](O)CCc1cc(F)cc(C(F)(F)F)c1. The van der Waals surface area contributed by atoms with Crippen LogP contribution in [0.4, 0.5) is 17.6 Å². The number of aliphatic hydroxyl groups is 1. The molecule has 0 radical (unpaired) electrons. The number of hydrogen-bond acceptors (Lipinski definition) is 1. The molecule has 1 rings (SSSR count). The second-order valence-corrected chi connectivity index (χ2v) is 3.73. The summed E-state index contributed by atoms with van der Waals surface area (Å²) in [6.07, 6.45) is -4.63. The van der Waals surface area contributed by atoms with Gasteiger partial charge in [0.15, 0.2) is 0 Å². The minimum atomic E-state index is -4.54. The Labute approximate surface area is 90.7 Å². The smallest absolute Gasteiger partial charge is 0.393 e. The van der Waals surface area contributed by atoms with Crippen molar-refractivity contribution in [3.05, 3.63) is 35.1 Å². The highest BCUT2D eigenvalue weighted by Gasteiger charge is 2.31. The highest BCUT2D eigenvalue weighted by molar-refractivity contribution is 5.26. The zero-order chi connectivity index (χ0) is 12.3. The maximum absolute atomic E-state index is 12.9. The fourth-order valence-electron chi connectivity index (χ4n) is 1.33. The van der Waals surface area contributed by atoms with Gasteiger partial charge in [0.2, 0.25) is 0 Å². The molecule has 0 saturated heterocycles. The van der Waals surface area contributed by atoms with E-state index in [4.69, 9.17) is 5.11 Å². The molecule has 0 aromatic heterocycles. The third-order valence-corrected chi connectivity index (χ3v) is 2.14. The van der Waals surface area contributed by atoms with Crippen molar-refractivity contribution in [1.29, 1.82) is 0 Å². The van der Waals surface area contributed by atoms with E-state index >= 15 is 0 Å². The predicted octanol–water partition coefficient (Wildman–Crippen LogP) is 3.16. The van der Waals surface area contributed by atoms with Gasteiger partial charge in [-0.15, -0.1) is 0 Å². The predicted molar refractivity (Wildman–Crippen MR) is 51.4 cm³/mol. The molecule has 0 spiro atoms. The fraction of sp³-hybridized carbons (Fsp3) is 0.455. The molecule has 1 atom stereocenters. The summed E-state index contributed by atoms with van der Waals surface area (Å²) >= 11 is 0. The van der Waals surface area contributed by atoms with Gasteiger partial charge in [0.1, 0.15) is 5.82 Å². The molecule has 16 heavy (non-hydrogen) atoms. The summed E-state index contributed by atoms with van der Waals surface area (Å²) in [4.78, 5) is 0. The number of aliphatic hydroxyl groups excluding tert-OH is 1. The monoisotopic (exact) mass is 236 g/mol. The fourth-order valence-corrected chi connectivity index (χ4v) is 1.33. The van der Waals surface area contributed by atoms with E-state index in [1.165, 1.54) is 6.92 Å². The topological polar surface area (TPSA) is 20.2 Å². The third kappa shape index (κ3) is 3.81. The first-order chi connectivity index (χ1) is 7.29. The molecular formula is C11H12F4O. The van der Waals surface area contributed by atoms with Crippen molar-refractivity contribution < 1.29 is 22.7 Å². The summed E-state index contributed by atoms with van der Waals surface area (Å²) in [6.45, 7) is 1.53. The van der Waals surface area contributed by atoms with Crippen LogP contribution < -0.4 is 0 Å². The van der Waals surface area contributed by atoms with E-state index in [0.29, 0.717) is 12.5 Å². The molecule has 0 aliphatic rings. The van der Waals surface area contributed by atoms with Gasteiger partial charge in [-0.3, -0.25) is 0 Å². The first-order valence-electron chi connectivity index (χ1n) is 4.84. The molecule has 1 aromatic carbocycles. The van der Waals surface area contributed by atoms with Crippen LogP contribution in [-0.2, 0) is 12.6 Å². The summed E-state index contributed by atoms with van der Waals surface area (Å²) in [5, 5.41) is 9.00. The summed E-state index contributed by atoms with van der Waals surface area (Å²) in [7, 11) is 0. The Hall–Kier alpha value is -1.10. The third-order valence-electron chi connectivity index (χ3n) is 2.14. The zero-order valence-electron chi connectivity index (χ0n) is 8.68. The number of halogens is 4. The molecule has 0 unspecified atom stereocenters. The molecule has 1 N–H and O–H groups in total. The lowest BCUT2D eigenvalue weighted by Crippen LogP contribution is -2.07. The van der Waals surface area contributed by atoms with Gasteiger partial charge < -0.3 is 5.11 Å². The van der Waals surface area contributed by atoms with Gasteiger partial charge in [0.25, 0.3) is 0 Å². The normalized spacial score (nSPS) is 13.9. The van der Waals surface area contributed by atoms with Gasteiger partial charge in [-0.1, -0.05) is 0 Å². The second kappa shape index (κ2) is 4.82. The maximum Gasteiger partial charge on any atom is 0.416 e. The molecule has 0 saturated carbocycles. The Balaban J connectivity index is 2.90. The molecule has 90 valence electrons. The molecule has 0 heterocycles. The molecule has 1 aromatic rings. The Kier molecular flexibility index (Phi) is 3.91. The average molecular weight is 236 g/mol. The van der Waals surface area contributed by atoms with Gasteiger partial charge in [-0.25, -0.2) is 4.39 Å². The van der Waals surface area contributed by atoms with Crippen LogP contribution >= 0.6 is 0 Å². The van der Waals surface area contributed by atoms with E-state index in [-0.39, 0.29) is 12.0 Å². The summed E-state index contributed by atoms with van der Waals surface area (Å²) in [6, 6.07) is 2.43. The maximum atomic E-state index is 12.9. The lowest BCUT2D eigenvalue weighted by atomic mass is 10.0. The van der Waals surface area contributed by atoms with Crippen molar-refractivity contribution in [2.45, 2.75) is 32.0 Å². The summed E-state index contributed by atoms with van der Waals surface area (Å²) in [5.41, 5.74) is -0.749. The molecule has 1 nitrogen and oxygen atoms in total. The Bertz CT molecular complexity index is 357. The first-order valence-corrected chi connectivity index (χ1v) is 4.84. The minimum Gasteiger partial charge on any atom is -0.393 e. The van der Waals surface area contributed by atoms with Crippen LogP contribution in [0.5, 0.6) is 0 Å². The standard InChI is InChI=1S/C11H12F4O/c1-7(16)2-3-8-4-9(11(13,14)15)6-10(12)5-8/h4-7,16H,2-3H2,1H3/t7-/m0/s1. The molecule has 0 aliphatic carbocycles. The quantitative estimate of drug-likeness (QED) is 0.799. The van der Waals surface area contributed by atoms with Crippen molar-refractivity contribution in [3.63, 3.8) is 0 Å². The van der Waals surface area contributed by atoms with Crippen molar-refractivity contribution >= 4 is 0 Å². The van der Waals surface area contributed by atoms with Crippen LogP contribution in [0.15, 0.2) is 18.2 Å². The van der Waals surface area contributed by atoms with Gasteiger partial charge >= 0.3 is 6.18 Å². The molecular weight excluding hydrogens is 224 g/mol. The number of alkyl halides is 3. The van der Waals surface area contributed by atoms with E-state index < -0.39 is 23.7 Å². The average Bonchev–Trinajstić information content (AvgIpc) is 2.12.